The third-order valence-electron chi connectivity index (χ3n) is 4.73. The molecular weight excluding hydrogens is 390 g/mol. The summed E-state index contributed by atoms with van der Waals surface area (Å²) in [4.78, 5) is 24.5. The molecule has 0 heterocycles. The maximum absolute atomic E-state index is 12.7. The Balaban J connectivity index is 1.59. The Hall–Kier alpha value is -3.60. The largest absolute Gasteiger partial charge is 0.481 e. The smallest absolute Gasteiger partial charge is 0.338 e. The van der Waals surface area contributed by atoms with Gasteiger partial charge in [-0.15, -0.1) is 0 Å². The lowest BCUT2D eigenvalue weighted by Gasteiger charge is -2.17. The highest BCUT2D eigenvalue weighted by atomic mass is 16.5. The lowest BCUT2D eigenvalue weighted by atomic mass is 10.1. The van der Waals surface area contributed by atoms with E-state index in [9.17, 15) is 9.59 Å². The van der Waals surface area contributed by atoms with E-state index in [4.69, 9.17) is 9.47 Å². The topological polar surface area (TPSA) is 64.6 Å². The molecule has 0 bridgehead atoms. The predicted octanol–water partition coefficient (Wildman–Crippen LogP) is 5.72. The van der Waals surface area contributed by atoms with Crippen LogP contribution in [0.4, 0.5) is 5.69 Å². The summed E-state index contributed by atoms with van der Waals surface area (Å²) in [6.45, 7) is 4.23. The van der Waals surface area contributed by atoms with Crippen LogP contribution in [-0.4, -0.2) is 24.6 Å². The van der Waals surface area contributed by atoms with Crippen molar-refractivity contribution in [1.82, 2.24) is 0 Å². The van der Waals surface area contributed by atoms with Crippen molar-refractivity contribution in [3.63, 3.8) is 0 Å². The van der Waals surface area contributed by atoms with Gasteiger partial charge in [-0.05, 0) is 60.4 Å². The van der Waals surface area contributed by atoms with E-state index in [2.05, 4.69) is 5.32 Å². The minimum Gasteiger partial charge on any atom is -0.481 e. The molecule has 1 atom stereocenters. The summed E-state index contributed by atoms with van der Waals surface area (Å²) >= 11 is 0. The molecule has 1 unspecified atom stereocenters. The third kappa shape index (κ3) is 6.19. The Labute approximate surface area is 183 Å². The summed E-state index contributed by atoms with van der Waals surface area (Å²) in [5.41, 5.74) is 3.26. The van der Waals surface area contributed by atoms with Gasteiger partial charge in [-0.3, -0.25) is 4.79 Å². The van der Waals surface area contributed by atoms with Crippen molar-refractivity contribution in [3.8, 4) is 16.9 Å². The fraction of sp³-hybridized carbons (Fsp3) is 0.231. The number of rotatable bonds is 9. The average Bonchev–Trinajstić information content (AvgIpc) is 2.82. The molecule has 0 saturated carbocycles. The Kier molecular flexibility index (Phi) is 7.82. The van der Waals surface area contributed by atoms with Crippen molar-refractivity contribution >= 4 is 17.6 Å². The molecular formula is C26H27NO4. The van der Waals surface area contributed by atoms with Crippen LogP contribution >= 0.6 is 0 Å². The molecule has 0 aliphatic carbocycles. The van der Waals surface area contributed by atoms with Crippen molar-refractivity contribution in [2.45, 2.75) is 32.8 Å². The van der Waals surface area contributed by atoms with Crippen LogP contribution < -0.4 is 10.1 Å². The highest BCUT2D eigenvalue weighted by molar-refractivity contribution is 5.95. The van der Waals surface area contributed by atoms with E-state index in [1.165, 1.54) is 0 Å². The minimum absolute atomic E-state index is 0.240. The summed E-state index contributed by atoms with van der Waals surface area (Å²) in [6.07, 6.45) is 0.665. The van der Waals surface area contributed by atoms with Gasteiger partial charge in [-0.2, -0.15) is 0 Å². The quantitative estimate of drug-likeness (QED) is 0.453. The zero-order valence-corrected chi connectivity index (χ0v) is 17.8. The van der Waals surface area contributed by atoms with Crippen LogP contribution in [0, 0.1) is 0 Å². The Morgan fingerprint density at radius 2 is 1.48 bits per heavy atom. The van der Waals surface area contributed by atoms with Crippen LogP contribution in [0.2, 0.25) is 0 Å². The highest BCUT2D eigenvalue weighted by Gasteiger charge is 2.19. The van der Waals surface area contributed by atoms with Gasteiger partial charge in [0.05, 0.1) is 12.2 Å². The van der Waals surface area contributed by atoms with Crippen LogP contribution in [0.1, 0.15) is 37.0 Å². The number of esters is 1. The lowest BCUT2D eigenvalue weighted by Crippen LogP contribution is -2.32. The van der Waals surface area contributed by atoms with Crippen molar-refractivity contribution in [1.29, 1.82) is 0 Å². The number of hydrogen-bond acceptors (Lipinski definition) is 4. The van der Waals surface area contributed by atoms with E-state index < -0.39 is 6.10 Å². The van der Waals surface area contributed by atoms with Gasteiger partial charge < -0.3 is 14.8 Å². The maximum Gasteiger partial charge on any atom is 0.338 e. The first-order chi connectivity index (χ1) is 15.1. The van der Waals surface area contributed by atoms with Crippen molar-refractivity contribution in [2.75, 3.05) is 11.9 Å². The van der Waals surface area contributed by atoms with E-state index in [0.717, 1.165) is 17.5 Å². The summed E-state index contributed by atoms with van der Waals surface area (Å²) in [6, 6.07) is 24.4. The number of nitrogens with one attached hydrogen (secondary N) is 1. The molecule has 5 nitrogen and oxygen atoms in total. The second-order valence-electron chi connectivity index (χ2n) is 7.11. The molecule has 0 aliphatic rings. The Morgan fingerprint density at radius 3 is 2.10 bits per heavy atom. The molecule has 3 aromatic rings. The standard InChI is InChI=1S/C26H27NO4/c1-3-18-30-26(29)21-10-14-22(15-11-21)27-25(28)24(4-2)31-23-16-12-20(13-17-23)19-8-6-5-7-9-19/h5-17,24H,3-4,18H2,1-2H3,(H,27,28). The van der Waals surface area contributed by atoms with E-state index in [1.54, 1.807) is 24.3 Å². The first kappa shape index (κ1) is 22.1. The predicted molar refractivity (Wildman–Crippen MR) is 122 cm³/mol. The molecule has 0 aromatic heterocycles. The summed E-state index contributed by atoms with van der Waals surface area (Å²) in [5, 5.41) is 2.84. The van der Waals surface area contributed by atoms with Gasteiger partial charge in [0, 0.05) is 5.69 Å². The number of carbonyl (C=O) groups excluding carboxylic acids is 2. The van der Waals surface area contributed by atoms with Crippen LogP contribution in [-0.2, 0) is 9.53 Å². The first-order valence-corrected chi connectivity index (χ1v) is 10.5. The van der Waals surface area contributed by atoms with Crippen LogP contribution in [0.25, 0.3) is 11.1 Å². The number of amides is 1. The Bertz CT molecular complexity index is 982. The maximum atomic E-state index is 12.7. The average molecular weight is 418 g/mol. The summed E-state index contributed by atoms with van der Waals surface area (Å²) in [5.74, 6) is 0.0279. The van der Waals surface area contributed by atoms with Gasteiger partial charge in [0.1, 0.15) is 5.75 Å². The number of anilines is 1. The third-order valence-corrected chi connectivity index (χ3v) is 4.73. The van der Waals surface area contributed by atoms with Crippen molar-refractivity contribution < 1.29 is 19.1 Å². The molecule has 0 spiro atoms. The molecule has 3 aromatic carbocycles. The molecule has 31 heavy (non-hydrogen) atoms. The van der Waals surface area contributed by atoms with E-state index in [1.807, 2.05) is 68.4 Å². The first-order valence-electron chi connectivity index (χ1n) is 10.5. The lowest BCUT2D eigenvalue weighted by molar-refractivity contribution is -0.122. The molecule has 160 valence electrons. The van der Waals surface area contributed by atoms with Gasteiger partial charge in [0.2, 0.25) is 0 Å². The summed E-state index contributed by atoms with van der Waals surface area (Å²) in [7, 11) is 0. The summed E-state index contributed by atoms with van der Waals surface area (Å²) < 4.78 is 11.0. The van der Waals surface area contributed by atoms with Gasteiger partial charge in [-0.25, -0.2) is 4.79 Å². The molecule has 0 saturated heterocycles. The second kappa shape index (κ2) is 11.0. The van der Waals surface area contributed by atoms with Gasteiger partial charge in [0.25, 0.3) is 5.91 Å². The zero-order chi connectivity index (χ0) is 22.1. The number of hydrogen-bond donors (Lipinski definition) is 1. The molecule has 5 heteroatoms. The molecule has 1 N–H and O–H groups in total. The van der Waals surface area contributed by atoms with Crippen molar-refractivity contribution in [2.24, 2.45) is 0 Å². The second-order valence-corrected chi connectivity index (χ2v) is 7.11. The molecule has 0 aliphatic heterocycles. The van der Waals surface area contributed by atoms with Crippen LogP contribution in [0.5, 0.6) is 5.75 Å². The fourth-order valence-electron chi connectivity index (χ4n) is 3.03. The fourth-order valence-corrected chi connectivity index (χ4v) is 3.03. The van der Waals surface area contributed by atoms with Crippen LogP contribution in [0.15, 0.2) is 78.9 Å². The highest BCUT2D eigenvalue weighted by Crippen LogP contribution is 2.23. The minimum atomic E-state index is -0.628. The number of carbonyl (C=O) groups is 2. The number of ether oxygens (including phenoxy) is 2. The normalized spacial score (nSPS) is 11.4. The zero-order valence-electron chi connectivity index (χ0n) is 17.8. The van der Waals surface area contributed by atoms with E-state index in [0.29, 0.717) is 30.0 Å². The van der Waals surface area contributed by atoms with Crippen molar-refractivity contribution in [3.05, 3.63) is 84.4 Å². The SMILES string of the molecule is CCCOC(=O)c1ccc(NC(=O)C(CC)Oc2ccc(-c3ccccc3)cc2)cc1. The number of benzene rings is 3. The molecule has 0 fully saturated rings. The van der Waals surface area contributed by atoms with Gasteiger partial charge in [0.15, 0.2) is 6.10 Å². The van der Waals surface area contributed by atoms with E-state index in [-0.39, 0.29) is 11.9 Å². The monoisotopic (exact) mass is 417 g/mol. The van der Waals surface area contributed by atoms with Gasteiger partial charge >= 0.3 is 5.97 Å². The Morgan fingerprint density at radius 1 is 0.839 bits per heavy atom. The molecule has 3 rings (SSSR count). The molecule has 0 radical (unpaired) electrons. The molecule has 1 amide bonds. The van der Waals surface area contributed by atoms with E-state index >= 15 is 0 Å². The van der Waals surface area contributed by atoms with Crippen LogP contribution in [0.3, 0.4) is 0 Å². The van der Waals surface area contributed by atoms with Gasteiger partial charge in [-0.1, -0.05) is 56.3 Å².